The standard InChI is InChI=1S/C10H13FO2/c1-7-6-8(11)4-5-9(7)10(12-2)13-3/h4-6,10H,1-3H3. The van der Waals surface area contributed by atoms with Crippen LogP contribution in [0.4, 0.5) is 4.39 Å². The maximum absolute atomic E-state index is 12.7. The Balaban J connectivity index is 2.99. The molecule has 0 heterocycles. The van der Waals surface area contributed by atoms with E-state index in [4.69, 9.17) is 9.47 Å². The third-order valence-corrected chi connectivity index (χ3v) is 1.91. The number of rotatable bonds is 3. The van der Waals surface area contributed by atoms with Crippen molar-refractivity contribution in [2.24, 2.45) is 0 Å². The molecule has 0 spiro atoms. The third-order valence-electron chi connectivity index (χ3n) is 1.91. The van der Waals surface area contributed by atoms with E-state index in [0.29, 0.717) is 0 Å². The molecule has 3 heteroatoms. The minimum Gasteiger partial charge on any atom is -0.352 e. The maximum atomic E-state index is 12.7. The van der Waals surface area contributed by atoms with Gasteiger partial charge < -0.3 is 9.47 Å². The van der Waals surface area contributed by atoms with Crippen molar-refractivity contribution in [1.29, 1.82) is 0 Å². The molecule has 0 fully saturated rings. The van der Waals surface area contributed by atoms with Crippen molar-refractivity contribution in [1.82, 2.24) is 0 Å². The van der Waals surface area contributed by atoms with Gasteiger partial charge in [-0.15, -0.1) is 0 Å². The summed E-state index contributed by atoms with van der Waals surface area (Å²) in [5.74, 6) is -0.243. The summed E-state index contributed by atoms with van der Waals surface area (Å²) >= 11 is 0. The molecule has 0 aliphatic rings. The van der Waals surface area contributed by atoms with Crippen LogP contribution in [-0.2, 0) is 9.47 Å². The van der Waals surface area contributed by atoms with Crippen LogP contribution in [0.3, 0.4) is 0 Å². The molecule has 0 amide bonds. The molecule has 0 aliphatic carbocycles. The Morgan fingerprint density at radius 1 is 1.23 bits per heavy atom. The number of halogens is 1. The van der Waals surface area contributed by atoms with E-state index in [1.165, 1.54) is 12.1 Å². The van der Waals surface area contributed by atoms with Crippen LogP contribution >= 0.6 is 0 Å². The third kappa shape index (κ3) is 2.26. The molecule has 0 saturated carbocycles. The van der Waals surface area contributed by atoms with Gasteiger partial charge in [-0.25, -0.2) is 4.39 Å². The summed E-state index contributed by atoms with van der Waals surface area (Å²) in [7, 11) is 3.11. The van der Waals surface area contributed by atoms with Crippen molar-refractivity contribution in [3.8, 4) is 0 Å². The average Bonchev–Trinajstić information content (AvgIpc) is 2.10. The summed E-state index contributed by atoms with van der Waals surface area (Å²) in [6.07, 6.45) is -0.416. The van der Waals surface area contributed by atoms with Crippen molar-refractivity contribution in [2.45, 2.75) is 13.2 Å². The zero-order valence-corrected chi connectivity index (χ0v) is 8.00. The number of benzene rings is 1. The van der Waals surface area contributed by atoms with Gasteiger partial charge in [0.25, 0.3) is 0 Å². The van der Waals surface area contributed by atoms with Gasteiger partial charge in [-0.2, -0.15) is 0 Å². The lowest BCUT2D eigenvalue weighted by Crippen LogP contribution is -2.05. The highest BCUT2D eigenvalue weighted by molar-refractivity contribution is 5.27. The van der Waals surface area contributed by atoms with E-state index in [9.17, 15) is 4.39 Å². The van der Waals surface area contributed by atoms with Crippen LogP contribution in [0, 0.1) is 12.7 Å². The summed E-state index contributed by atoms with van der Waals surface area (Å²) in [6.45, 7) is 1.82. The minimum absolute atomic E-state index is 0.243. The second kappa shape index (κ2) is 4.35. The Morgan fingerprint density at radius 2 is 1.85 bits per heavy atom. The first kappa shape index (κ1) is 10.2. The predicted molar refractivity (Wildman–Crippen MR) is 47.9 cm³/mol. The molecule has 0 N–H and O–H groups in total. The molecule has 13 heavy (non-hydrogen) atoms. The number of hydrogen-bond donors (Lipinski definition) is 0. The summed E-state index contributed by atoms with van der Waals surface area (Å²) in [5.41, 5.74) is 1.68. The molecule has 0 aromatic heterocycles. The van der Waals surface area contributed by atoms with Gasteiger partial charge in [-0.3, -0.25) is 0 Å². The summed E-state index contributed by atoms with van der Waals surface area (Å²) in [4.78, 5) is 0. The zero-order valence-electron chi connectivity index (χ0n) is 8.00. The number of hydrogen-bond acceptors (Lipinski definition) is 2. The molecular formula is C10H13FO2. The van der Waals surface area contributed by atoms with Crippen molar-refractivity contribution >= 4 is 0 Å². The van der Waals surface area contributed by atoms with Gasteiger partial charge in [0.1, 0.15) is 5.82 Å². The first-order valence-electron chi connectivity index (χ1n) is 4.00. The maximum Gasteiger partial charge on any atom is 0.183 e. The number of aryl methyl sites for hydroxylation is 1. The largest absolute Gasteiger partial charge is 0.352 e. The lowest BCUT2D eigenvalue weighted by Gasteiger charge is -2.15. The first-order valence-corrected chi connectivity index (χ1v) is 4.00. The molecule has 0 bridgehead atoms. The molecule has 72 valence electrons. The minimum atomic E-state index is -0.416. The molecule has 2 nitrogen and oxygen atoms in total. The Morgan fingerprint density at radius 3 is 2.31 bits per heavy atom. The Hall–Kier alpha value is -0.930. The topological polar surface area (TPSA) is 18.5 Å². The summed E-state index contributed by atoms with van der Waals surface area (Å²) < 4.78 is 22.9. The fourth-order valence-electron chi connectivity index (χ4n) is 1.25. The second-order valence-corrected chi connectivity index (χ2v) is 2.80. The lowest BCUT2D eigenvalue weighted by molar-refractivity contribution is -0.106. The van der Waals surface area contributed by atoms with E-state index < -0.39 is 6.29 Å². The molecule has 0 aliphatic heterocycles. The average molecular weight is 184 g/mol. The Labute approximate surface area is 77.3 Å². The fourth-order valence-corrected chi connectivity index (χ4v) is 1.25. The van der Waals surface area contributed by atoms with Crippen molar-refractivity contribution < 1.29 is 13.9 Å². The van der Waals surface area contributed by atoms with Crippen molar-refractivity contribution in [2.75, 3.05) is 14.2 Å². The van der Waals surface area contributed by atoms with Crippen LogP contribution in [0.15, 0.2) is 18.2 Å². The first-order chi connectivity index (χ1) is 6.19. The van der Waals surface area contributed by atoms with E-state index in [1.54, 1.807) is 20.3 Å². The van der Waals surface area contributed by atoms with Gasteiger partial charge >= 0.3 is 0 Å². The van der Waals surface area contributed by atoms with Gasteiger partial charge in [0, 0.05) is 19.8 Å². The highest BCUT2D eigenvalue weighted by Crippen LogP contribution is 2.21. The van der Waals surface area contributed by atoms with Gasteiger partial charge in [-0.1, -0.05) is 6.07 Å². The van der Waals surface area contributed by atoms with Crippen molar-refractivity contribution in [3.63, 3.8) is 0 Å². The van der Waals surface area contributed by atoms with Gasteiger partial charge in [0.05, 0.1) is 0 Å². The van der Waals surface area contributed by atoms with Crippen LogP contribution in [0.2, 0.25) is 0 Å². The van der Waals surface area contributed by atoms with Crippen LogP contribution in [-0.4, -0.2) is 14.2 Å². The monoisotopic (exact) mass is 184 g/mol. The molecule has 0 saturated heterocycles. The highest BCUT2D eigenvalue weighted by Gasteiger charge is 2.11. The molecule has 1 rings (SSSR count). The molecule has 0 unspecified atom stereocenters. The number of ether oxygens (including phenoxy) is 2. The lowest BCUT2D eigenvalue weighted by atomic mass is 10.1. The summed E-state index contributed by atoms with van der Waals surface area (Å²) in [5, 5.41) is 0. The zero-order chi connectivity index (χ0) is 9.84. The SMILES string of the molecule is COC(OC)c1ccc(F)cc1C. The van der Waals surface area contributed by atoms with Gasteiger partial charge in [0.15, 0.2) is 6.29 Å². The van der Waals surface area contributed by atoms with Crippen LogP contribution in [0.1, 0.15) is 17.4 Å². The quantitative estimate of drug-likeness (QED) is 0.672. The molecular weight excluding hydrogens is 171 g/mol. The van der Waals surface area contributed by atoms with Crippen molar-refractivity contribution in [3.05, 3.63) is 35.1 Å². The fraction of sp³-hybridized carbons (Fsp3) is 0.400. The van der Waals surface area contributed by atoms with Crippen LogP contribution < -0.4 is 0 Å². The Kier molecular flexibility index (Phi) is 3.39. The van der Waals surface area contributed by atoms with Gasteiger partial charge in [-0.05, 0) is 24.6 Å². The van der Waals surface area contributed by atoms with Gasteiger partial charge in [0.2, 0.25) is 0 Å². The molecule has 1 aromatic carbocycles. The summed E-state index contributed by atoms with van der Waals surface area (Å²) in [6, 6.07) is 4.52. The van der Waals surface area contributed by atoms with Crippen LogP contribution in [0.25, 0.3) is 0 Å². The molecule has 0 radical (unpaired) electrons. The molecule has 1 aromatic rings. The molecule has 0 atom stereocenters. The van der Waals surface area contributed by atoms with E-state index in [2.05, 4.69) is 0 Å². The predicted octanol–water partition coefficient (Wildman–Crippen LogP) is 2.43. The smallest absolute Gasteiger partial charge is 0.183 e. The highest BCUT2D eigenvalue weighted by atomic mass is 19.1. The van der Waals surface area contributed by atoms with Crippen LogP contribution in [0.5, 0.6) is 0 Å². The number of methoxy groups -OCH3 is 2. The normalized spacial score (nSPS) is 10.8. The Bertz CT molecular complexity index is 282. The van der Waals surface area contributed by atoms with E-state index >= 15 is 0 Å². The van der Waals surface area contributed by atoms with E-state index in [-0.39, 0.29) is 5.82 Å². The second-order valence-electron chi connectivity index (χ2n) is 2.80. The van der Waals surface area contributed by atoms with E-state index in [0.717, 1.165) is 11.1 Å². The van der Waals surface area contributed by atoms with E-state index in [1.807, 2.05) is 6.92 Å².